The maximum atomic E-state index is 3.58. The van der Waals surface area contributed by atoms with Gasteiger partial charge >= 0.3 is 0 Å². The van der Waals surface area contributed by atoms with Crippen LogP contribution in [0.5, 0.6) is 0 Å². The molecule has 0 spiro atoms. The lowest BCUT2D eigenvalue weighted by atomic mass is 10.0. The molecule has 2 atom stereocenters. The molecule has 0 aromatic rings. The van der Waals surface area contributed by atoms with Crippen molar-refractivity contribution < 1.29 is 0 Å². The van der Waals surface area contributed by atoms with Crippen molar-refractivity contribution in [1.29, 1.82) is 0 Å². The number of allylic oxidation sites excluding steroid dienone is 4. The Morgan fingerprint density at radius 3 is 1.69 bits per heavy atom. The molecule has 2 rings (SSSR count). The number of rotatable bonds is 2. The van der Waals surface area contributed by atoms with Crippen LogP contribution < -0.4 is 5.32 Å². The van der Waals surface area contributed by atoms with E-state index in [-0.39, 0.29) is 0 Å². The fourth-order valence-electron chi connectivity index (χ4n) is 1.68. The molecule has 0 heterocycles. The largest absolute Gasteiger partial charge is 0.304 e. The van der Waals surface area contributed by atoms with Crippen LogP contribution in [0.15, 0.2) is 48.6 Å². The molecule has 0 amide bonds. The molecule has 2 unspecified atom stereocenters. The first-order chi connectivity index (χ1) is 6.45. The van der Waals surface area contributed by atoms with Gasteiger partial charge in [0.1, 0.15) is 0 Å². The maximum absolute atomic E-state index is 3.58. The Morgan fingerprint density at radius 1 is 0.769 bits per heavy atom. The van der Waals surface area contributed by atoms with Crippen molar-refractivity contribution in [2.24, 2.45) is 0 Å². The van der Waals surface area contributed by atoms with Gasteiger partial charge in [-0.3, -0.25) is 0 Å². The van der Waals surface area contributed by atoms with E-state index in [1.54, 1.807) is 0 Å². The number of hydrogen-bond acceptors (Lipinski definition) is 1. The van der Waals surface area contributed by atoms with Crippen LogP contribution in [0.1, 0.15) is 12.8 Å². The summed E-state index contributed by atoms with van der Waals surface area (Å²) in [5.41, 5.74) is 0. The van der Waals surface area contributed by atoms with Gasteiger partial charge in [0.25, 0.3) is 0 Å². The van der Waals surface area contributed by atoms with Gasteiger partial charge in [-0.15, -0.1) is 0 Å². The van der Waals surface area contributed by atoms with E-state index in [0.717, 1.165) is 12.8 Å². The summed E-state index contributed by atoms with van der Waals surface area (Å²) in [7, 11) is 0. The van der Waals surface area contributed by atoms with Crippen molar-refractivity contribution in [3.63, 3.8) is 0 Å². The van der Waals surface area contributed by atoms with E-state index in [4.69, 9.17) is 0 Å². The first-order valence-corrected chi connectivity index (χ1v) is 4.88. The van der Waals surface area contributed by atoms with Crippen LogP contribution in [0.3, 0.4) is 0 Å². The van der Waals surface area contributed by atoms with Gasteiger partial charge in [-0.25, -0.2) is 0 Å². The monoisotopic (exact) mass is 173 g/mol. The van der Waals surface area contributed by atoms with Gasteiger partial charge in [0.15, 0.2) is 0 Å². The van der Waals surface area contributed by atoms with Crippen LogP contribution in [0.4, 0.5) is 0 Å². The second kappa shape index (κ2) is 4.24. The molecular formula is C12H15N. The Balaban J connectivity index is 1.84. The molecule has 68 valence electrons. The number of nitrogens with one attached hydrogen (secondary N) is 1. The minimum atomic E-state index is 0.520. The zero-order chi connectivity index (χ0) is 8.93. The molecule has 0 aliphatic heterocycles. The summed E-state index contributed by atoms with van der Waals surface area (Å²) in [5.74, 6) is 0. The summed E-state index contributed by atoms with van der Waals surface area (Å²) in [5, 5.41) is 3.58. The van der Waals surface area contributed by atoms with E-state index in [0.29, 0.717) is 12.1 Å². The lowest BCUT2D eigenvalue weighted by molar-refractivity contribution is 0.530. The van der Waals surface area contributed by atoms with Gasteiger partial charge in [-0.1, -0.05) is 48.6 Å². The molecule has 2 aliphatic carbocycles. The molecule has 1 heteroatoms. The minimum Gasteiger partial charge on any atom is -0.304 e. The van der Waals surface area contributed by atoms with Crippen LogP contribution >= 0.6 is 0 Å². The van der Waals surface area contributed by atoms with Crippen molar-refractivity contribution in [3.05, 3.63) is 48.6 Å². The third-order valence-corrected chi connectivity index (χ3v) is 2.39. The summed E-state index contributed by atoms with van der Waals surface area (Å²) in [6.45, 7) is 0. The van der Waals surface area contributed by atoms with Crippen LogP contribution in [-0.4, -0.2) is 12.1 Å². The van der Waals surface area contributed by atoms with Gasteiger partial charge in [0.2, 0.25) is 0 Å². The zero-order valence-corrected chi connectivity index (χ0v) is 7.69. The van der Waals surface area contributed by atoms with E-state index >= 15 is 0 Å². The Hall–Kier alpha value is -1.08. The van der Waals surface area contributed by atoms with E-state index in [1.807, 2.05) is 0 Å². The molecule has 0 saturated carbocycles. The molecule has 0 radical (unpaired) electrons. The second-order valence-corrected chi connectivity index (χ2v) is 3.48. The molecule has 0 bridgehead atoms. The summed E-state index contributed by atoms with van der Waals surface area (Å²) in [6.07, 6.45) is 19.5. The topological polar surface area (TPSA) is 12.0 Å². The van der Waals surface area contributed by atoms with E-state index in [2.05, 4.69) is 53.9 Å². The van der Waals surface area contributed by atoms with Crippen LogP contribution in [0.25, 0.3) is 0 Å². The van der Waals surface area contributed by atoms with Crippen molar-refractivity contribution in [2.45, 2.75) is 24.9 Å². The third-order valence-electron chi connectivity index (χ3n) is 2.39. The fourth-order valence-corrected chi connectivity index (χ4v) is 1.68. The van der Waals surface area contributed by atoms with Crippen LogP contribution in [0.2, 0.25) is 0 Å². The third kappa shape index (κ3) is 2.43. The van der Waals surface area contributed by atoms with Gasteiger partial charge in [0, 0.05) is 12.1 Å². The summed E-state index contributed by atoms with van der Waals surface area (Å²) in [4.78, 5) is 0. The Bertz CT molecular complexity index is 243. The average Bonchev–Trinajstić information content (AvgIpc) is 2.21. The van der Waals surface area contributed by atoms with Gasteiger partial charge in [-0.2, -0.15) is 0 Å². The van der Waals surface area contributed by atoms with E-state index in [1.165, 1.54) is 0 Å². The van der Waals surface area contributed by atoms with Gasteiger partial charge in [0.05, 0.1) is 0 Å². The fraction of sp³-hybridized carbons (Fsp3) is 0.333. The molecule has 1 N–H and O–H groups in total. The molecule has 0 aromatic carbocycles. The average molecular weight is 173 g/mol. The highest BCUT2D eigenvalue weighted by molar-refractivity contribution is 5.17. The summed E-state index contributed by atoms with van der Waals surface area (Å²) in [6, 6.07) is 1.04. The zero-order valence-electron chi connectivity index (χ0n) is 7.69. The van der Waals surface area contributed by atoms with Crippen molar-refractivity contribution >= 4 is 0 Å². The van der Waals surface area contributed by atoms with E-state index in [9.17, 15) is 0 Å². The summed E-state index contributed by atoms with van der Waals surface area (Å²) < 4.78 is 0. The predicted octanol–water partition coefficient (Wildman–Crippen LogP) is 2.35. The van der Waals surface area contributed by atoms with Crippen molar-refractivity contribution in [1.82, 2.24) is 5.32 Å². The number of hydrogen-bond donors (Lipinski definition) is 1. The van der Waals surface area contributed by atoms with E-state index < -0.39 is 0 Å². The lowest BCUT2D eigenvalue weighted by Crippen LogP contribution is -2.36. The quantitative estimate of drug-likeness (QED) is 0.676. The van der Waals surface area contributed by atoms with Crippen molar-refractivity contribution in [3.8, 4) is 0 Å². The summed E-state index contributed by atoms with van der Waals surface area (Å²) >= 11 is 0. The Labute approximate surface area is 79.5 Å². The predicted molar refractivity (Wildman–Crippen MR) is 56.5 cm³/mol. The first kappa shape index (κ1) is 8.52. The Morgan fingerprint density at radius 2 is 1.31 bits per heavy atom. The standard InChI is InChI=1S/C12H15N/c1-3-7-11(8-4-1)13-12-9-5-2-6-10-12/h1-7,9,11-13H,8,10H2. The highest BCUT2D eigenvalue weighted by Gasteiger charge is 2.10. The van der Waals surface area contributed by atoms with Gasteiger partial charge < -0.3 is 5.32 Å². The molecule has 1 nitrogen and oxygen atoms in total. The Kier molecular flexibility index (Phi) is 2.78. The molecule has 0 aromatic heterocycles. The van der Waals surface area contributed by atoms with Crippen LogP contribution in [-0.2, 0) is 0 Å². The van der Waals surface area contributed by atoms with Gasteiger partial charge in [-0.05, 0) is 12.8 Å². The molecule has 2 aliphatic rings. The highest BCUT2D eigenvalue weighted by atomic mass is 14.9. The minimum absolute atomic E-state index is 0.520. The van der Waals surface area contributed by atoms with Crippen molar-refractivity contribution in [2.75, 3.05) is 0 Å². The first-order valence-electron chi connectivity index (χ1n) is 4.88. The molecule has 13 heavy (non-hydrogen) atoms. The lowest BCUT2D eigenvalue weighted by Gasteiger charge is -2.21. The maximum Gasteiger partial charge on any atom is 0.0293 e. The second-order valence-electron chi connectivity index (χ2n) is 3.48. The molecule has 0 fully saturated rings. The highest BCUT2D eigenvalue weighted by Crippen LogP contribution is 2.08. The van der Waals surface area contributed by atoms with Crippen LogP contribution in [0, 0.1) is 0 Å². The molecular weight excluding hydrogens is 158 g/mol. The normalized spacial score (nSPS) is 31.1. The smallest absolute Gasteiger partial charge is 0.0293 e. The SMILES string of the molecule is C1=CCC(NC2C=CC=CC2)C=C1. The molecule has 0 saturated heterocycles.